The largest absolute Gasteiger partial charge is 0.327 e. The summed E-state index contributed by atoms with van der Waals surface area (Å²) in [5, 5.41) is 7.32. The molecule has 1 saturated carbocycles. The molecule has 8 heteroatoms. The number of piperidine rings is 1. The molecule has 2 fully saturated rings. The van der Waals surface area contributed by atoms with Crippen molar-refractivity contribution in [2.75, 3.05) is 13.1 Å². The molecule has 5 rings (SSSR count). The number of likely N-dealkylation sites (tertiary alicyclic amines) is 1. The molecule has 0 aromatic carbocycles. The SMILES string of the molecule is CCc1[nH]nc(C(=O)N2CCCCC2c2nc3c(c(=O)[nH]2)CCN(C2CCCC2)C3)c1C. The maximum atomic E-state index is 13.4. The average molecular weight is 439 g/mol. The number of aromatic amines is 2. The van der Waals surface area contributed by atoms with Crippen LogP contribution in [0.25, 0.3) is 0 Å². The van der Waals surface area contributed by atoms with Gasteiger partial charge in [-0.3, -0.25) is 19.6 Å². The van der Waals surface area contributed by atoms with Gasteiger partial charge < -0.3 is 9.88 Å². The van der Waals surface area contributed by atoms with Crippen molar-refractivity contribution < 1.29 is 4.79 Å². The van der Waals surface area contributed by atoms with Crippen molar-refractivity contribution in [1.29, 1.82) is 0 Å². The Kier molecular flexibility index (Phi) is 5.88. The van der Waals surface area contributed by atoms with Gasteiger partial charge in [-0.2, -0.15) is 5.10 Å². The molecule has 4 heterocycles. The molecule has 172 valence electrons. The summed E-state index contributed by atoms with van der Waals surface area (Å²) in [6.45, 7) is 6.34. The van der Waals surface area contributed by atoms with Gasteiger partial charge in [0, 0.05) is 42.5 Å². The number of aromatic nitrogens is 4. The fourth-order valence-corrected chi connectivity index (χ4v) is 5.80. The molecule has 0 radical (unpaired) electrons. The third-order valence-corrected chi connectivity index (χ3v) is 7.71. The lowest BCUT2D eigenvalue weighted by Crippen LogP contribution is -2.43. The van der Waals surface area contributed by atoms with Gasteiger partial charge in [-0.05, 0) is 51.9 Å². The molecule has 2 aromatic heterocycles. The summed E-state index contributed by atoms with van der Waals surface area (Å²) in [5.41, 5.74) is 4.10. The summed E-state index contributed by atoms with van der Waals surface area (Å²) in [6.07, 6.45) is 9.45. The number of fused-ring (bicyclic) bond motifs is 1. The average Bonchev–Trinajstić information content (AvgIpc) is 3.48. The second-order valence-electron chi connectivity index (χ2n) is 9.57. The fraction of sp³-hybridized carbons (Fsp3) is 0.667. The monoisotopic (exact) mass is 438 g/mol. The lowest BCUT2D eigenvalue weighted by Gasteiger charge is -2.36. The Morgan fingerprint density at radius 1 is 1.12 bits per heavy atom. The quantitative estimate of drug-likeness (QED) is 0.765. The number of H-pyrrole nitrogens is 2. The molecule has 2 aliphatic heterocycles. The van der Waals surface area contributed by atoms with Gasteiger partial charge in [0.1, 0.15) is 5.82 Å². The molecule has 3 aliphatic rings. The van der Waals surface area contributed by atoms with Crippen molar-refractivity contribution in [3.63, 3.8) is 0 Å². The zero-order valence-corrected chi connectivity index (χ0v) is 19.2. The van der Waals surface area contributed by atoms with Crippen LogP contribution >= 0.6 is 0 Å². The zero-order valence-electron chi connectivity index (χ0n) is 19.2. The van der Waals surface area contributed by atoms with Crippen LogP contribution in [-0.4, -0.2) is 55.0 Å². The third kappa shape index (κ3) is 3.78. The van der Waals surface area contributed by atoms with E-state index in [1.54, 1.807) is 0 Å². The van der Waals surface area contributed by atoms with E-state index < -0.39 is 0 Å². The highest BCUT2D eigenvalue weighted by Crippen LogP contribution is 2.32. The van der Waals surface area contributed by atoms with E-state index >= 15 is 0 Å². The van der Waals surface area contributed by atoms with Crippen LogP contribution in [0.4, 0.5) is 0 Å². The molecular formula is C24H34N6O2. The first-order chi connectivity index (χ1) is 15.6. The maximum Gasteiger partial charge on any atom is 0.275 e. The van der Waals surface area contributed by atoms with Crippen LogP contribution in [0.15, 0.2) is 4.79 Å². The van der Waals surface area contributed by atoms with Crippen molar-refractivity contribution in [2.24, 2.45) is 0 Å². The summed E-state index contributed by atoms with van der Waals surface area (Å²) in [7, 11) is 0. The number of amides is 1. The van der Waals surface area contributed by atoms with Crippen molar-refractivity contribution in [3.8, 4) is 0 Å². The van der Waals surface area contributed by atoms with Gasteiger partial charge in [0.25, 0.3) is 11.5 Å². The molecule has 1 aliphatic carbocycles. The number of carbonyl (C=O) groups is 1. The van der Waals surface area contributed by atoms with E-state index in [0.29, 0.717) is 24.1 Å². The van der Waals surface area contributed by atoms with E-state index in [-0.39, 0.29) is 17.5 Å². The normalized spacial score (nSPS) is 22.3. The summed E-state index contributed by atoms with van der Waals surface area (Å²) in [6, 6.07) is 0.410. The van der Waals surface area contributed by atoms with Gasteiger partial charge in [-0.1, -0.05) is 19.8 Å². The summed E-state index contributed by atoms with van der Waals surface area (Å²) >= 11 is 0. The van der Waals surface area contributed by atoms with Crippen LogP contribution in [0.3, 0.4) is 0 Å². The maximum absolute atomic E-state index is 13.4. The molecule has 1 unspecified atom stereocenters. The topological polar surface area (TPSA) is 98.0 Å². The lowest BCUT2D eigenvalue weighted by atomic mass is 9.99. The summed E-state index contributed by atoms with van der Waals surface area (Å²) in [4.78, 5) is 38.8. The molecule has 1 amide bonds. The van der Waals surface area contributed by atoms with Gasteiger partial charge in [-0.15, -0.1) is 0 Å². The Hall–Kier alpha value is -2.48. The minimum Gasteiger partial charge on any atom is -0.327 e. The van der Waals surface area contributed by atoms with E-state index in [9.17, 15) is 9.59 Å². The fourth-order valence-electron chi connectivity index (χ4n) is 5.80. The van der Waals surface area contributed by atoms with Crippen molar-refractivity contribution in [2.45, 2.75) is 90.3 Å². The second-order valence-corrected chi connectivity index (χ2v) is 9.57. The van der Waals surface area contributed by atoms with Crippen molar-refractivity contribution in [1.82, 2.24) is 30.0 Å². The highest BCUT2D eigenvalue weighted by molar-refractivity contribution is 5.94. The van der Waals surface area contributed by atoms with Crippen LogP contribution in [-0.2, 0) is 19.4 Å². The Bertz CT molecular complexity index is 1050. The van der Waals surface area contributed by atoms with E-state index in [0.717, 1.165) is 67.7 Å². The minimum absolute atomic E-state index is 0.0294. The molecule has 32 heavy (non-hydrogen) atoms. The number of rotatable bonds is 4. The number of aryl methyl sites for hydroxylation is 1. The van der Waals surface area contributed by atoms with Gasteiger partial charge >= 0.3 is 0 Å². The Morgan fingerprint density at radius 2 is 1.91 bits per heavy atom. The van der Waals surface area contributed by atoms with Gasteiger partial charge in [0.2, 0.25) is 0 Å². The van der Waals surface area contributed by atoms with Crippen molar-refractivity contribution >= 4 is 5.91 Å². The Labute approximate surface area is 188 Å². The van der Waals surface area contributed by atoms with Crippen LogP contribution in [0, 0.1) is 6.92 Å². The highest BCUT2D eigenvalue weighted by atomic mass is 16.2. The van der Waals surface area contributed by atoms with Crippen LogP contribution < -0.4 is 5.56 Å². The molecule has 0 bridgehead atoms. The summed E-state index contributed by atoms with van der Waals surface area (Å²) < 4.78 is 0. The van der Waals surface area contributed by atoms with Crippen LogP contribution in [0.5, 0.6) is 0 Å². The molecule has 0 spiro atoms. The van der Waals surface area contributed by atoms with Gasteiger partial charge in [0.05, 0.1) is 11.7 Å². The zero-order chi connectivity index (χ0) is 22.2. The minimum atomic E-state index is -0.211. The van der Waals surface area contributed by atoms with Gasteiger partial charge in [-0.25, -0.2) is 4.98 Å². The highest BCUT2D eigenvalue weighted by Gasteiger charge is 2.34. The van der Waals surface area contributed by atoms with E-state index in [1.807, 2.05) is 11.8 Å². The second kappa shape index (κ2) is 8.81. The molecule has 2 N–H and O–H groups in total. The standard InChI is InChI=1S/C24H34N6O2/c1-3-18-15(2)21(28-27-18)24(32)30-12-7-6-10-20(30)22-25-19-14-29(16-8-4-5-9-16)13-11-17(19)23(31)26-22/h16,20H,3-14H2,1-2H3,(H,27,28)(H,25,26,31). The molecule has 1 saturated heterocycles. The molecular weight excluding hydrogens is 404 g/mol. The molecule has 1 atom stereocenters. The first kappa shape index (κ1) is 21.4. The number of hydrogen-bond donors (Lipinski definition) is 2. The lowest BCUT2D eigenvalue weighted by molar-refractivity contribution is 0.0591. The number of hydrogen-bond acceptors (Lipinski definition) is 5. The van der Waals surface area contributed by atoms with E-state index in [1.165, 1.54) is 25.7 Å². The van der Waals surface area contributed by atoms with E-state index in [2.05, 4.69) is 27.0 Å². The van der Waals surface area contributed by atoms with Crippen LogP contribution in [0.1, 0.15) is 96.7 Å². The number of carbonyl (C=O) groups excluding carboxylic acids is 1. The van der Waals surface area contributed by atoms with Crippen LogP contribution in [0.2, 0.25) is 0 Å². The number of nitrogens with zero attached hydrogens (tertiary/aromatic N) is 4. The summed E-state index contributed by atoms with van der Waals surface area (Å²) in [5.74, 6) is 0.565. The smallest absolute Gasteiger partial charge is 0.275 e. The predicted octanol–water partition coefficient (Wildman–Crippen LogP) is 3.03. The third-order valence-electron chi connectivity index (χ3n) is 7.71. The van der Waals surface area contributed by atoms with E-state index in [4.69, 9.17) is 4.98 Å². The first-order valence-corrected chi connectivity index (χ1v) is 12.3. The Balaban J connectivity index is 1.44. The predicted molar refractivity (Wildman–Crippen MR) is 122 cm³/mol. The Morgan fingerprint density at radius 3 is 2.66 bits per heavy atom. The van der Waals surface area contributed by atoms with Gasteiger partial charge in [0.15, 0.2) is 5.69 Å². The molecule has 2 aromatic rings. The van der Waals surface area contributed by atoms with Crippen molar-refractivity contribution in [3.05, 3.63) is 44.4 Å². The first-order valence-electron chi connectivity index (χ1n) is 12.3. The number of nitrogens with one attached hydrogen (secondary N) is 2. The molecule has 8 nitrogen and oxygen atoms in total.